The Morgan fingerprint density at radius 1 is 1.06 bits per heavy atom. The Morgan fingerprint density at radius 2 is 1.94 bits per heavy atom. The van der Waals surface area contributed by atoms with Crippen LogP contribution in [0.5, 0.6) is 0 Å². The first-order valence-electron chi connectivity index (χ1n) is 11.5. The number of rotatable bonds is 4. The normalized spacial score (nSPS) is 18.1. The number of nitrogens with zero attached hydrogens (tertiary/aromatic N) is 6. The molecule has 1 N–H and O–H groups in total. The zero-order chi connectivity index (χ0) is 23.5. The van der Waals surface area contributed by atoms with Gasteiger partial charge in [-0.15, -0.1) is 11.8 Å². The van der Waals surface area contributed by atoms with E-state index in [1.54, 1.807) is 28.7 Å². The molecule has 5 aromatic rings. The van der Waals surface area contributed by atoms with E-state index in [1.807, 2.05) is 30.3 Å². The lowest BCUT2D eigenvalue weighted by atomic mass is 10.1. The molecule has 0 unspecified atom stereocenters. The van der Waals surface area contributed by atoms with Crippen LogP contribution in [-0.2, 0) is 0 Å². The third kappa shape index (κ3) is 3.33. The molecule has 7 rings (SSSR count). The summed E-state index contributed by atoms with van der Waals surface area (Å²) in [5, 5.41) is 0.857. The summed E-state index contributed by atoms with van der Waals surface area (Å²) in [5.41, 5.74) is 3.91. The summed E-state index contributed by atoms with van der Waals surface area (Å²) in [4.78, 5) is 37.7. The maximum absolute atomic E-state index is 14.1. The van der Waals surface area contributed by atoms with Crippen molar-refractivity contribution in [2.75, 3.05) is 16.5 Å². The van der Waals surface area contributed by atoms with Crippen LogP contribution in [0.2, 0.25) is 5.02 Å². The molecule has 4 heterocycles. The van der Waals surface area contributed by atoms with Crippen molar-refractivity contribution in [1.29, 1.82) is 0 Å². The molecule has 1 aliphatic carbocycles. The zero-order valence-corrected chi connectivity index (χ0v) is 20.1. The SMILES string of the molecule is O=c1c2c(Cl)cccc2nc([C@@H]2CSCN2c2ncnc3nc[nH]c23)n1-c1ccccc1C1CC1. The minimum absolute atomic E-state index is 0.144. The van der Waals surface area contributed by atoms with Crippen molar-refractivity contribution >= 4 is 51.2 Å². The van der Waals surface area contributed by atoms with Crippen LogP contribution < -0.4 is 10.5 Å². The average Bonchev–Trinajstić information content (AvgIpc) is 3.40. The fourth-order valence-electron chi connectivity index (χ4n) is 4.93. The molecule has 1 saturated heterocycles. The quantitative estimate of drug-likeness (QED) is 0.377. The van der Waals surface area contributed by atoms with Gasteiger partial charge in [0, 0.05) is 5.75 Å². The Balaban J connectivity index is 1.50. The van der Waals surface area contributed by atoms with Crippen molar-refractivity contribution in [2.45, 2.75) is 24.8 Å². The second-order valence-corrected chi connectivity index (χ2v) is 10.3. The lowest BCUT2D eigenvalue weighted by Gasteiger charge is -2.27. The minimum Gasteiger partial charge on any atom is -0.340 e. The van der Waals surface area contributed by atoms with Gasteiger partial charge >= 0.3 is 0 Å². The van der Waals surface area contributed by atoms with Gasteiger partial charge in [0.05, 0.1) is 39.9 Å². The van der Waals surface area contributed by atoms with Crippen LogP contribution in [0.1, 0.15) is 36.2 Å². The molecule has 0 radical (unpaired) electrons. The van der Waals surface area contributed by atoms with Gasteiger partial charge in [-0.2, -0.15) is 0 Å². The standard InChI is InChI=1S/C25H20ClN7OS/c26-16-5-3-6-17-20(16)25(34)33(18-7-2-1-4-15(18)14-8-9-14)23(31-17)19-10-35-13-32(19)24-21-22(28-11-27-21)29-12-30-24/h1-7,11-12,14,19H,8-10,13H2,(H,27,28,29,30)/t19-/m0/s1. The highest BCUT2D eigenvalue weighted by atomic mass is 35.5. The summed E-state index contributed by atoms with van der Waals surface area (Å²) < 4.78 is 1.79. The number of para-hydroxylation sites is 1. The predicted octanol–water partition coefficient (Wildman–Crippen LogP) is 4.83. The van der Waals surface area contributed by atoms with E-state index in [1.165, 1.54) is 11.9 Å². The first-order chi connectivity index (χ1) is 17.2. The second kappa shape index (κ2) is 8.07. The van der Waals surface area contributed by atoms with E-state index >= 15 is 0 Å². The Kier molecular flexibility index (Phi) is 4.82. The maximum Gasteiger partial charge on any atom is 0.267 e. The number of hydrogen-bond acceptors (Lipinski definition) is 7. The van der Waals surface area contributed by atoms with E-state index in [4.69, 9.17) is 16.6 Å². The van der Waals surface area contributed by atoms with Gasteiger partial charge in [0.1, 0.15) is 17.7 Å². The van der Waals surface area contributed by atoms with Crippen molar-refractivity contribution in [2.24, 2.45) is 0 Å². The summed E-state index contributed by atoms with van der Waals surface area (Å²) in [6.45, 7) is 0. The predicted molar refractivity (Wildman–Crippen MR) is 139 cm³/mol. The van der Waals surface area contributed by atoms with Gasteiger partial charge in [0.15, 0.2) is 11.5 Å². The van der Waals surface area contributed by atoms with E-state index < -0.39 is 0 Å². The number of anilines is 1. The molecule has 2 aliphatic rings. The van der Waals surface area contributed by atoms with E-state index in [2.05, 4.69) is 30.9 Å². The van der Waals surface area contributed by atoms with Gasteiger partial charge < -0.3 is 9.88 Å². The Bertz CT molecular complexity index is 1660. The molecule has 2 fully saturated rings. The van der Waals surface area contributed by atoms with Gasteiger partial charge in [0.25, 0.3) is 5.56 Å². The molecule has 2 aromatic carbocycles. The number of nitrogens with one attached hydrogen (secondary N) is 1. The second-order valence-electron chi connectivity index (χ2n) is 8.86. The third-order valence-electron chi connectivity index (χ3n) is 6.72. The van der Waals surface area contributed by atoms with Crippen LogP contribution in [0, 0.1) is 0 Å². The molecule has 35 heavy (non-hydrogen) atoms. The van der Waals surface area contributed by atoms with Crippen molar-refractivity contribution in [3.8, 4) is 5.69 Å². The number of benzene rings is 2. The van der Waals surface area contributed by atoms with Gasteiger partial charge in [-0.25, -0.2) is 19.9 Å². The highest BCUT2D eigenvalue weighted by Crippen LogP contribution is 2.44. The molecule has 10 heteroatoms. The Hall–Kier alpha value is -3.43. The van der Waals surface area contributed by atoms with E-state index in [0.717, 1.165) is 35.6 Å². The number of hydrogen-bond donors (Lipinski definition) is 1. The number of aromatic nitrogens is 6. The number of thioether (sulfide) groups is 1. The van der Waals surface area contributed by atoms with Gasteiger partial charge in [-0.05, 0) is 42.5 Å². The number of halogens is 1. The van der Waals surface area contributed by atoms with Crippen LogP contribution in [-0.4, -0.2) is 41.1 Å². The van der Waals surface area contributed by atoms with Gasteiger partial charge in [0.2, 0.25) is 0 Å². The van der Waals surface area contributed by atoms with Crippen LogP contribution in [0.3, 0.4) is 0 Å². The Morgan fingerprint density at radius 3 is 2.83 bits per heavy atom. The van der Waals surface area contributed by atoms with E-state index in [9.17, 15) is 4.79 Å². The van der Waals surface area contributed by atoms with Crippen molar-refractivity contribution in [1.82, 2.24) is 29.5 Å². The van der Waals surface area contributed by atoms with E-state index in [0.29, 0.717) is 39.2 Å². The van der Waals surface area contributed by atoms with Crippen LogP contribution in [0.15, 0.2) is 59.9 Å². The minimum atomic E-state index is -0.176. The van der Waals surface area contributed by atoms with Crippen molar-refractivity contribution in [3.05, 3.63) is 81.9 Å². The van der Waals surface area contributed by atoms with E-state index in [-0.39, 0.29) is 11.6 Å². The van der Waals surface area contributed by atoms with Crippen molar-refractivity contribution < 1.29 is 0 Å². The van der Waals surface area contributed by atoms with Gasteiger partial charge in [-0.1, -0.05) is 35.9 Å². The number of H-pyrrole nitrogens is 1. The molecule has 1 aliphatic heterocycles. The van der Waals surface area contributed by atoms with Gasteiger partial charge in [-0.3, -0.25) is 9.36 Å². The third-order valence-corrected chi connectivity index (χ3v) is 8.05. The highest BCUT2D eigenvalue weighted by molar-refractivity contribution is 7.99. The first kappa shape index (κ1) is 20.9. The summed E-state index contributed by atoms with van der Waals surface area (Å²) in [6, 6.07) is 13.4. The molecule has 174 valence electrons. The lowest BCUT2D eigenvalue weighted by molar-refractivity contribution is 0.666. The first-order valence-corrected chi connectivity index (χ1v) is 13.0. The summed E-state index contributed by atoms with van der Waals surface area (Å²) in [5.74, 6) is 3.39. The molecule has 1 saturated carbocycles. The number of fused-ring (bicyclic) bond motifs is 2. The molecule has 8 nitrogen and oxygen atoms in total. The molecule has 0 amide bonds. The Labute approximate surface area is 209 Å². The molecule has 0 bridgehead atoms. The van der Waals surface area contributed by atoms with Crippen LogP contribution >= 0.6 is 23.4 Å². The monoisotopic (exact) mass is 501 g/mol. The molecule has 0 spiro atoms. The largest absolute Gasteiger partial charge is 0.340 e. The fraction of sp³-hybridized carbons (Fsp3) is 0.240. The summed E-state index contributed by atoms with van der Waals surface area (Å²) in [6.07, 6.45) is 5.42. The topological polar surface area (TPSA) is 92.6 Å². The van der Waals surface area contributed by atoms with Crippen LogP contribution in [0.4, 0.5) is 5.82 Å². The fourth-order valence-corrected chi connectivity index (χ4v) is 6.34. The number of imidazole rings is 1. The zero-order valence-electron chi connectivity index (χ0n) is 18.6. The summed E-state index contributed by atoms with van der Waals surface area (Å²) >= 11 is 8.31. The maximum atomic E-state index is 14.1. The molecule has 3 aromatic heterocycles. The average molecular weight is 502 g/mol. The lowest BCUT2D eigenvalue weighted by Crippen LogP contribution is -2.33. The number of aromatic amines is 1. The highest BCUT2D eigenvalue weighted by Gasteiger charge is 2.35. The van der Waals surface area contributed by atoms with Crippen molar-refractivity contribution in [3.63, 3.8) is 0 Å². The molecular formula is C25H20ClN7OS. The van der Waals surface area contributed by atoms with Crippen LogP contribution in [0.25, 0.3) is 27.8 Å². The smallest absolute Gasteiger partial charge is 0.267 e. The molecular weight excluding hydrogens is 482 g/mol. The molecule has 1 atom stereocenters. The summed E-state index contributed by atoms with van der Waals surface area (Å²) in [7, 11) is 0.